The number of para-hydroxylation sites is 1. The van der Waals surface area contributed by atoms with Crippen LogP contribution in [0.25, 0.3) is 0 Å². The fourth-order valence-corrected chi connectivity index (χ4v) is 2.78. The second kappa shape index (κ2) is 6.18. The maximum absolute atomic E-state index is 13.6. The Morgan fingerprint density at radius 3 is 2.73 bits per heavy atom. The molecule has 0 saturated heterocycles. The fourth-order valence-electron chi connectivity index (χ4n) is 2.78. The van der Waals surface area contributed by atoms with Gasteiger partial charge in [0.05, 0.1) is 5.69 Å². The minimum atomic E-state index is -0.445. The summed E-state index contributed by atoms with van der Waals surface area (Å²) >= 11 is 0. The first-order chi connectivity index (χ1) is 10.6. The molecule has 3 rings (SSSR count). The molecular formula is C18H19FN2O. The van der Waals surface area contributed by atoms with Gasteiger partial charge in [-0.25, -0.2) is 4.39 Å². The molecule has 1 aliphatic carbocycles. The van der Waals surface area contributed by atoms with Crippen LogP contribution in [-0.4, -0.2) is 11.9 Å². The SMILES string of the molecule is C[C@@H](Nc1ccc2c(c1)CCC2)C(=O)Nc1ccccc1F. The van der Waals surface area contributed by atoms with Gasteiger partial charge in [0.1, 0.15) is 11.9 Å². The van der Waals surface area contributed by atoms with Gasteiger partial charge in [0, 0.05) is 5.69 Å². The third-order valence-corrected chi connectivity index (χ3v) is 4.01. The molecule has 0 unspecified atom stereocenters. The van der Waals surface area contributed by atoms with Gasteiger partial charge in [-0.05, 0) is 61.6 Å². The van der Waals surface area contributed by atoms with E-state index < -0.39 is 11.9 Å². The van der Waals surface area contributed by atoms with Crippen LogP contribution < -0.4 is 10.6 Å². The van der Waals surface area contributed by atoms with Crippen molar-refractivity contribution in [3.63, 3.8) is 0 Å². The smallest absolute Gasteiger partial charge is 0.246 e. The largest absolute Gasteiger partial charge is 0.374 e. The zero-order chi connectivity index (χ0) is 15.5. The quantitative estimate of drug-likeness (QED) is 0.902. The Morgan fingerprint density at radius 2 is 1.91 bits per heavy atom. The van der Waals surface area contributed by atoms with Crippen LogP contribution in [0.15, 0.2) is 42.5 Å². The van der Waals surface area contributed by atoms with Crippen molar-refractivity contribution < 1.29 is 9.18 Å². The van der Waals surface area contributed by atoms with E-state index in [0.717, 1.165) is 18.5 Å². The van der Waals surface area contributed by atoms with Gasteiger partial charge in [-0.1, -0.05) is 18.2 Å². The summed E-state index contributed by atoms with van der Waals surface area (Å²) in [7, 11) is 0. The Bertz CT molecular complexity index is 699. The van der Waals surface area contributed by atoms with Crippen LogP contribution in [0.3, 0.4) is 0 Å². The lowest BCUT2D eigenvalue weighted by Gasteiger charge is -2.16. The van der Waals surface area contributed by atoms with Crippen molar-refractivity contribution in [1.82, 2.24) is 0 Å². The first kappa shape index (κ1) is 14.6. The summed E-state index contributed by atoms with van der Waals surface area (Å²) in [4.78, 5) is 12.2. The zero-order valence-corrected chi connectivity index (χ0v) is 12.5. The second-order valence-electron chi connectivity index (χ2n) is 5.67. The molecule has 0 saturated carbocycles. The van der Waals surface area contributed by atoms with Crippen LogP contribution in [0.2, 0.25) is 0 Å². The molecule has 0 aliphatic heterocycles. The van der Waals surface area contributed by atoms with E-state index in [-0.39, 0.29) is 11.6 Å². The number of hydrogen-bond donors (Lipinski definition) is 2. The molecule has 0 heterocycles. The molecule has 0 radical (unpaired) electrons. The van der Waals surface area contributed by atoms with E-state index in [9.17, 15) is 9.18 Å². The third-order valence-electron chi connectivity index (χ3n) is 4.01. The van der Waals surface area contributed by atoms with E-state index in [1.807, 2.05) is 6.07 Å². The molecule has 3 nitrogen and oxygen atoms in total. The Balaban J connectivity index is 1.65. The second-order valence-corrected chi connectivity index (χ2v) is 5.67. The predicted molar refractivity (Wildman–Crippen MR) is 86.6 cm³/mol. The molecule has 114 valence electrons. The Morgan fingerprint density at radius 1 is 1.14 bits per heavy atom. The lowest BCUT2D eigenvalue weighted by molar-refractivity contribution is -0.116. The number of rotatable bonds is 4. The maximum atomic E-state index is 13.6. The monoisotopic (exact) mass is 298 g/mol. The minimum Gasteiger partial charge on any atom is -0.374 e. The molecule has 1 aliphatic rings. The molecule has 0 spiro atoms. The molecule has 22 heavy (non-hydrogen) atoms. The summed E-state index contributed by atoms with van der Waals surface area (Å²) < 4.78 is 13.6. The van der Waals surface area contributed by atoms with Crippen LogP contribution >= 0.6 is 0 Å². The lowest BCUT2D eigenvalue weighted by Crippen LogP contribution is -2.32. The average Bonchev–Trinajstić information content (AvgIpc) is 2.97. The fraction of sp³-hybridized carbons (Fsp3) is 0.278. The summed E-state index contributed by atoms with van der Waals surface area (Å²) in [5.41, 5.74) is 3.88. The number of aryl methyl sites for hydroxylation is 2. The highest BCUT2D eigenvalue weighted by Gasteiger charge is 2.16. The molecule has 2 aromatic rings. The topological polar surface area (TPSA) is 41.1 Å². The lowest BCUT2D eigenvalue weighted by atomic mass is 10.1. The number of carbonyl (C=O) groups is 1. The highest BCUT2D eigenvalue weighted by Crippen LogP contribution is 2.25. The first-order valence-corrected chi connectivity index (χ1v) is 7.57. The number of anilines is 2. The van der Waals surface area contributed by atoms with E-state index in [2.05, 4.69) is 22.8 Å². The summed E-state index contributed by atoms with van der Waals surface area (Å²) in [6, 6.07) is 11.9. The molecule has 0 fully saturated rings. The highest BCUT2D eigenvalue weighted by atomic mass is 19.1. The molecular weight excluding hydrogens is 279 g/mol. The van der Waals surface area contributed by atoms with E-state index in [4.69, 9.17) is 0 Å². The third kappa shape index (κ3) is 3.11. The highest BCUT2D eigenvalue weighted by molar-refractivity contribution is 5.96. The van der Waals surface area contributed by atoms with E-state index >= 15 is 0 Å². The van der Waals surface area contributed by atoms with Gasteiger partial charge in [0.15, 0.2) is 0 Å². The molecule has 1 amide bonds. The van der Waals surface area contributed by atoms with Gasteiger partial charge in [-0.2, -0.15) is 0 Å². The number of hydrogen-bond acceptors (Lipinski definition) is 2. The normalized spacial score (nSPS) is 14.3. The van der Waals surface area contributed by atoms with Crippen molar-refractivity contribution in [2.75, 3.05) is 10.6 Å². The Labute approximate surface area is 129 Å². The standard InChI is InChI=1S/C18H19FN2O/c1-12(18(22)21-17-8-3-2-7-16(17)19)20-15-10-9-13-5-4-6-14(13)11-15/h2-3,7-12,20H,4-6H2,1H3,(H,21,22)/t12-/m1/s1. The minimum absolute atomic E-state index is 0.204. The van der Waals surface area contributed by atoms with E-state index in [1.54, 1.807) is 25.1 Å². The van der Waals surface area contributed by atoms with Crippen molar-refractivity contribution in [3.8, 4) is 0 Å². The molecule has 2 N–H and O–H groups in total. The van der Waals surface area contributed by atoms with Gasteiger partial charge in [0.25, 0.3) is 0 Å². The first-order valence-electron chi connectivity index (χ1n) is 7.57. The van der Waals surface area contributed by atoms with Crippen LogP contribution in [0.1, 0.15) is 24.5 Å². The molecule has 1 atom stereocenters. The maximum Gasteiger partial charge on any atom is 0.246 e. The van der Waals surface area contributed by atoms with Crippen molar-refractivity contribution in [2.45, 2.75) is 32.2 Å². The molecule has 0 bridgehead atoms. The number of amides is 1. The number of benzene rings is 2. The summed E-state index contributed by atoms with van der Waals surface area (Å²) in [5, 5.41) is 5.78. The number of fused-ring (bicyclic) bond motifs is 1. The van der Waals surface area contributed by atoms with E-state index in [0.29, 0.717) is 0 Å². The summed E-state index contributed by atoms with van der Waals surface area (Å²) in [5.74, 6) is -0.689. The van der Waals surface area contributed by atoms with Gasteiger partial charge >= 0.3 is 0 Å². The van der Waals surface area contributed by atoms with Gasteiger partial charge in [0.2, 0.25) is 5.91 Å². The van der Waals surface area contributed by atoms with Crippen LogP contribution in [0, 0.1) is 5.82 Å². The number of carbonyl (C=O) groups excluding carboxylic acids is 1. The molecule has 2 aromatic carbocycles. The Kier molecular flexibility index (Phi) is 4.09. The van der Waals surface area contributed by atoms with Crippen LogP contribution in [-0.2, 0) is 17.6 Å². The van der Waals surface area contributed by atoms with Gasteiger partial charge in [-0.15, -0.1) is 0 Å². The van der Waals surface area contributed by atoms with Gasteiger partial charge in [-0.3, -0.25) is 4.79 Å². The van der Waals surface area contributed by atoms with Crippen LogP contribution in [0.5, 0.6) is 0 Å². The zero-order valence-electron chi connectivity index (χ0n) is 12.5. The number of halogens is 1. The van der Waals surface area contributed by atoms with E-state index in [1.165, 1.54) is 23.6 Å². The molecule has 4 heteroatoms. The van der Waals surface area contributed by atoms with Crippen molar-refractivity contribution in [3.05, 3.63) is 59.4 Å². The summed E-state index contributed by atoms with van der Waals surface area (Å²) in [6.07, 6.45) is 3.43. The Hall–Kier alpha value is -2.36. The summed E-state index contributed by atoms with van der Waals surface area (Å²) in [6.45, 7) is 1.77. The average molecular weight is 298 g/mol. The van der Waals surface area contributed by atoms with Crippen LogP contribution in [0.4, 0.5) is 15.8 Å². The molecule has 0 aromatic heterocycles. The van der Waals surface area contributed by atoms with Crippen molar-refractivity contribution in [1.29, 1.82) is 0 Å². The predicted octanol–water partition coefficient (Wildman–Crippen LogP) is 3.75. The number of nitrogens with one attached hydrogen (secondary N) is 2. The van der Waals surface area contributed by atoms with Crippen molar-refractivity contribution >= 4 is 17.3 Å². The van der Waals surface area contributed by atoms with Gasteiger partial charge < -0.3 is 10.6 Å². The van der Waals surface area contributed by atoms with Crippen molar-refractivity contribution in [2.24, 2.45) is 0 Å².